The maximum atomic E-state index is 5.26. The number of nitrogens with one attached hydrogen (secondary N) is 1. The minimum Gasteiger partial charge on any atom is -0.496 e. The van der Waals surface area contributed by atoms with Crippen molar-refractivity contribution in [2.24, 2.45) is 0 Å². The van der Waals surface area contributed by atoms with E-state index in [0.29, 0.717) is 6.04 Å². The number of ether oxygens (including phenoxy) is 1. The summed E-state index contributed by atoms with van der Waals surface area (Å²) in [6.45, 7) is 7.29. The lowest BCUT2D eigenvalue weighted by atomic mass is 10.1. The second-order valence-electron chi connectivity index (χ2n) is 3.78. The lowest BCUT2D eigenvalue weighted by molar-refractivity contribution is 0.410. The zero-order valence-electron chi connectivity index (χ0n) is 9.42. The van der Waals surface area contributed by atoms with E-state index in [9.17, 15) is 0 Å². The Bertz CT molecular complexity index is 294. The average Bonchev–Trinajstić information content (AvgIpc) is 2.16. The predicted octanol–water partition coefficient (Wildman–Crippen LogP) is 2.50. The highest BCUT2D eigenvalue weighted by Gasteiger charge is 2.03. The Hall–Kier alpha value is -1.02. The molecule has 1 N–H and O–H groups in total. The Labute approximate surface area is 86.3 Å². The SMILES string of the molecule is COc1cccc(CNC(C)C)c1C. The first-order valence-electron chi connectivity index (χ1n) is 5.01. The van der Waals surface area contributed by atoms with Crippen LogP contribution in [0.1, 0.15) is 25.0 Å². The second-order valence-corrected chi connectivity index (χ2v) is 3.78. The third-order valence-corrected chi connectivity index (χ3v) is 2.32. The van der Waals surface area contributed by atoms with Crippen molar-refractivity contribution in [3.05, 3.63) is 29.3 Å². The molecule has 0 bridgehead atoms. The van der Waals surface area contributed by atoms with Crippen molar-refractivity contribution < 1.29 is 4.74 Å². The fourth-order valence-corrected chi connectivity index (χ4v) is 1.39. The number of rotatable bonds is 4. The van der Waals surface area contributed by atoms with Gasteiger partial charge in [-0.1, -0.05) is 26.0 Å². The van der Waals surface area contributed by atoms with E-state index in [4.69, 9.17) is 4.74 Å². The average molecular weight is 193 g/mol. The lowest BCUT2D eigenvalue weighted by Crippen LogP contribution is -2.22. The summed E-state index contributed by atoms with van der Waals surface area (Å²) in [5.41, 5.74) is 2.53. The van der Waals surface area contributed by atoms with Gasteiger partial charge in [-0.25, -0.2) is 0 Å². The summed E-state index contributed by atoms with van der Waals surface area (Å²) in [4.78, 5) is 0. The van der Waals surface area contributed by atoms with Gasteiger partial charge in [-0.05, 0) is 24.1 Å². The third-order valence-electron chi connectivity index (χ3n) is 2.32. The molecule has 1 rings (SSSR count). The number of hydrogen-bond donors (Lipinski definition) is 1. The molecule has 0 amide bonds. The van der Waals surface area contributed by atoms with Gasteiger partial charge in [-0.2, -0.15) is 0 Å². The molecular weight excluding hydrogens is 174 g/mol. The van der Waals surface area contributed by atoms with Gasteiger partial charge in [0.05, 0.1) is 7.11 Å². The van der Waals surface area contributed by atoms with Crippen molar-refractivity contribution in [3.63, 3.8) is 0 Å². The predicted molar refractivity (Wildman–Crippen MR) is 59.7 cm³/mol. The first kappa shape index (κ1) is 11.1. The van der Waals surface area contributed by atoms with E-state index in [0.717, 1.165) is 12.3 Å². The van der Waals surface area contributed by atoms with Crippen molar-refractivity contribution in [1.29, 1.82) is 0 Å². The first-order valence-corrected chi connectivity index (χ1v) is 5.01. The fraction of sp³-hybridized carbons (Fsp3) is 0.500. The molecule has 0 aliphatic heterocycles. The van der Waals surface area contributed by atoms with Crippen molar-refractivity contribution in [2.45, 2.75) is 33.4 Å². The summed E-state index contributed by atoms with van der Waals surface area (Å²) < 4.78 is 5.26. The Balaban J connectivity index is 2.76. The molecule has 0 saturated heterocycles. The van der Waals surface area contributed by atoms with E-state index in [1.165, 1.54) is 11.1 Å². The zero-order chi connectivity index (χ0) is 10.6. The molecule has 0 saturated carbocycles. The van der Waals surface area contributed by atoms with Gasteiger partial charge >= 0.3 is 0 Å². The maximum Gasteiger partial charge on any atom is 0.122 e. The second kappa shape index (κ2) is 5.01. The highest BCUT2D eigenvalue weighted by atomic mass is 16.5. The van der Waals surface area contributed by atoms with E-state index in [1.807, 2.05) is 12.1 Å². The Morgan fingerprint density at radius 2 is 2.07 bits per heavy atom. The number of benzene rings is 1. The summed E-state index contributed by atoms with van der Waals surface area (Å²) in [5.74, 6) is 0.966. The number of hydrogen-bond acceptors (Lipinski definition) is 2. The molecular formula is C12H19NO. The van der Waals surface area contributed by atoms with Gasteiger partial charge in [-0.15, -0.1) is 0 Å². The topological polar surface area (TPSA) is 21.3 Å². The quantitative estimate of drug-likeness (QED) is 0.793. The Morgan fingerprint density at radius 3 is 2.64 bits per heavy atom. The van der Waals surface area contributed by atoms with Gasteiger partial charge < -0.3 is 10.1 Å². The maximum absolute atomic E-state index is 5.26. The van der Waals surface area contributed by atoms with Crippen LogP contribution in [0.5, 0.6) is 5.75 Å². The molecule has 1 aromatic rings. The fourth-order valence-electron chi connectivity index (χ4n) is 1.39. The van der Waals surface area contributed by atoms with Gasteiger partial charge in [-0.3, -0.25) is 0 Å². The molecule has 14 heavy (non-hydrogen) atoms. The van der Waals surface area contributed by atoms with Crippen LogP contribution in [0, 0.1) is 6.92 Å². The molecule has 2 nitrogen and oxygen atoms in total. The Kier molecular flexibility index (Phi) is 3.96. The van der Waals surface area contributed by atoms with Crippen LogP contribution in [0.25, 0.3) is 0 Å². The summed E-state index contributed by atoms with van der Waals surface area (Å²) >= 11 is 0. The van der Waals surface area contributed by atoms with Gasteiger partial charge in [0.15, 0.2) is 0 Å². The molecule has 0 radical (unpaired) electrons. The van der Waals surface area contributed by atoms with Crippen LogP contribution in [-0.4, -0.2) is 13.2 Å². The summed E-state index contributed by atoms with van der Waals surface area (Å²) in [6.07, 6.45) is 0. The van der Waals surface area contributed by atoms with Gasteiger partial charge in [0.25, 0.3) is 0 Å². The van der Waals surface area contributed by atoms with Crippen LogP contribution in [0.3, 0.4) is 0 Å². The normalized spacial score (nSPS) is 10.6. The minimum atomic E-state index is 0.514. The van der Waals surface area contributed by atoms with E-state index in [-0.39, 0.29) is 0 Å². The summed E-state index contributed by atoms with van der Waals surface area (Å²) in [5, 5.41) is 3.40. The first-order chi connectivity index (χ1) is 6.65. The molecule has 0 fully saturated rings. The van der Waals surface area contributed by atoms with Crippen molar-refractivity contribution in [1.82, 2.24) is 5.32 Å². The molecule has 0 atom stereocenters. The monoisotopic (exact) mass is 193 g/mol. The van der Waals surface area contributed by atoms with E-state index < -0.39 is 0 Å². The van der Waals surface area contributed by atoms with Crippen LogP contribution in [0.15, 0.2) is 18.2 Å². The number of methoxy groups -OCH3 is 1. The molecule has 1 aromatic carbocycles. The zero-order valence-corrected chi connectivity index (χ0v) is 9.42. The Morgan fingerprint density at radius 1 is 1.36 bits per heavy atom. The van der Waals surface area contributed by atoms with E-state index in [2.05, 4.69) is 32.2 Å². The molecule has 0 spiro atoms. The van der Waals surface area contributed by atoms with Crippen molar-refractivity contribution >= 4 is 0 Å². The molecule has 0 heterocycles. The largest absolute Gasteiger partial charge is 0.496 e. The third kappa shape index (κ3) is 2.74. The van der Waals surface area contributed by atoms with Gasteiger partial charge in [0, 0.05) is 12.6 Å². The van der Waals surface area contributed by atoms with Crippen molar-refractivity contribution in [3.8, 4) is 5.75 Å². The summed E-state index contributed by atoms with van der Waals surface area (Å²) in [6, 6.07) is 6.67. The highest BCUT2D eigenvalue weighted by molar-refractivity contribution is 5.38. The minimum absolute atomic E-state index is 0.514. The van der Waals surface area contributed by atoms with Gasteiger partial charge in [0.1, 0.15) is 5.75 Å². The molecule has 0 unspecified atom stereocenters. The van der Waals surface area contributed by atoms with Crippen LogP contribution in [-0.2, 0) is 6.54 Å². The highest BCUT2D eigenvalue weighted by Crippen LogP contribution is 2.20. The van der Waals surface area contributed by atoms with Crippen LogP contribution in [0.2, 0.25) is 0 Å². The summed E-state index contributed by atoms with van der Waals surface area (Å²) in [7, 11) is 1.71. The molecule has 2 heteroatoms. The molecule has 0 aromatic heterocycles. The van der Waals surface area contributed by atoms with E-state index >= 15 is 0 Å². The van der Waals surface area contributed by atoms with Gasteiger partial charge in [0.2, 0.25) is 0 Å². The van der Waals surface area contributed by atoms with E-state index in [1.54, 1.807) is 7.11 Å². The molecule has 0 aliphatic carbocycles. The lowest BCUT2D eigenvalue weighted by Gasteiger charge is -2.12. The van der Waals surface area contributed by atoms with Crippen LogP contribution >= 0.6 is 0 Å². The molecule has 0 aliphatic rings. The smallest absolute Gasteiger partial charge is 0.122 e. The van der Waals surface area contributed by atoms with Crippen LogP contribution < -0.4 is 10.1 Å². The van der Waals surface area contributed by atoms with Crippen molar-refractivity contribution in [2.75, 3.05) is 7.11 Å². The van der Waals surface area contributed by atoms with Crippen LogP contribution in [0.4, 0.5) is 0 Å². The standard InChI is InChI=1S/C12H19NO/c1-9(2)13-8-11-6-5-7-12(14-4)10(11)3/h5-7,9,13H,8H2,1-4H3. The molecule has 78 valence electrons.